The molecule has 1 heterocycles. The highest BCUT2D eigenvalue weighted by Crippen LogP contribution is 2.36. The third kappa shape index (κ3) is 3.87. The van der Waals surface area contributed by atoms with Crippen LogP contribution in [0.1, 0.15) is 41.4 Å². The Bertz CT molecular complexity index is 1010. The molecular weight excluding hydrogens is 388 g/mol. The molecule has 0 bridgehead atoms. The van der Waals surface area contributed by atoms with Crippen LogP contribution < -0.4 is 0 Å². The number of hydrogen-bond donors (Lipinski definition) is 0. The largest absolute Gasteiger partial charge is 0.298 e. The van der Waals surface area contributed by atoms with E-state index >= 15 is 0 Å². The Balaban J connectivity index is 1.96. The van der Waals surface area contributed by atoms with E-state index in [-0.39, 0.29) is 11.8 Å². The maximum absolute atomic E-state index is 14.7. The van der Waals surface area contributed by atoms with E-state index in [0.29, 0.717) is 4.88 Å². The third-order valence-electron chi connectivity index (χ3n) is 4.57. The van der Waals surface area contributed by atoms with Crippen molar-refractivity contribution in [2.45, 2.75) is 32.6 Å². The predicted molar refractivity (Wildman–Crippen MR) is 104 cm³/mol. The lowest BCUT2D eigenvalue weighted by Gasteiger charge is -2.10. The summed E-state index contributed by atoms with van der Waals surface area (Å²) in [6.07, 6.45) is 4.29. The summed E-state index contributed by atoms with van der Waals surface area (Å²) in [7, 11) is 0. The van der Waals surface area contributed by atoms with Gasteiger partial charge >= 0.3 is 0 Å². The van der Waals surface area contributed by atoms with E-state index in [1.165, 1.54) is 23.5 Å². The fourth-order valence-corrected chi connectivity index (χ4v) is 4.09. The van der Waals surface area contributed by atoms with Gasteiger partial charge in [-0.2, -0.15) is 0 Å². The minimum Gasteiger partial charge on any atom is -0.298 e. The summed E-state index contributed by atoms with van der Waals surface area (Å²) in [6, 6.07) is 8.32. The minimum atomic E-state index is -1.38. The zero-order chi connectivity index (χ0) is 20.3. The number of unbranched alkanes of at least 4 members (excludes halogenated alkanes) is 2. The highest BCUT2D eigenvalue weighted by Gasteiger charge is 2.21. The van der Waals surface area contributed by atoms with Gasteiger partial charge in [-0.15, -0.1) is 11.3 Å². The SMILES string of the molecule is CCCCCc1ccc(-c2ccc(-c3ccc(C=O)c(F)c3F)c(F)c2F)s1. The van der Waals surface area contributed by atoms with E-state index in [1.54, 1.807) is 6.07 Å². The lowest BCUT2D eigenvalue weighted by atomic mass is 10.00. The van der Waals surface area contributed by atoms with Gasteiger partial charge in [0.25, 0.3) is 0 Å². The Morgan fingerprint density at radius 3 is 2.07 bits per heavy atom. The van der Waals surface area contributed by atoms with E-state index in [2.05, 4.69) is 6.92 Å². The van der Waals surface area contributed by atoms with Gasteiger partial charge in [-0.05, 0) is 37.1 Å². The van der Waals surface area contributed by atoms with Gasteiger partial charge in [-0.1, -0.05) is 31.9 Å². The van der Waals surface area contributed by atoms with Gasteiger partial charge in [-0.3, -0.25) is 4.79 Å². The zero-order valence-electron chi connectivity index (χ0n) is 15.2. The number of hydrogen-bond acceptors (Lipinski definition) is 2. The lowest BCUT2D eigenvalue weighted by Crippen LogP contribution is -1.99. The second-order valence-electron chi connectivity index (χ2n) is 6.46. The fraction of sp³-hybridized carbons (Fsp3) is 0.227. The topological polar surface area (TPSA) is 17.1 Å². The Morgan fingerprint density at radius 2 is 1.39 bits per heavy atom. The number of benzene rings is 2. The smallest absolute Gasteiger partial charge is 0.169 e. The van der Waals surface area contributed by atoms with Crippen molar-refractivity contribution in [3.8, 4) is 21.6 Å². The average molecular weight is 406 g/mol. The number of rotatable bonds is 7. The highest BCUT2D eigenvalue weighted by molar-refractivity contribution is 7.15. The molecule has 0 saturated carbocycles. The summed E-state index contributed by atoms with van der Waals surface area (Å²) in [5.74, 6) is -5.13. The van der Waals surface area contributed by atoms with Crippen LogP contribution in [0.4, 0.5) is 17.6 Å². The van der Waals surface area contributed by atoms with Crippen molar-refractivity contribution in [1.82, 2.24) is 0 Å². The molecule has 146 valence electrons. The Labute approximate surface area is 164 Å². The van der Waals surface area contributed by atoms with Gasteiger partial charge in [0.15, 0.2) is 29.6 Å². The lowest BCUT2D eigenvalue weighted by molar-refractivity contribution is 0.111. The summed E-state index contributed by atoms with van der Waals surface area (Å²) in [5.41, 5.74) is -1.22. The van der Waals surface area contributed by atoms with Gasteiger partial charge in [0.1, 0.15) is 0 Å². The molecule has 0 unspecified atom stereocenters. The molecule has 1 aromatic heterocycles. The number of carbonyl (C=O) groups is 1. The first-order valence-electron chi connectivity index (χ1n) is 8.98. The second kappa shape index (κ2) is 8.69. The second-order valence-corrected chi connectivity index (χ2v) is 7.63. The molecule has 0 fully saturated rings. The van der Waals surface area contributed by atoms with Crippen LogP contribution in [-0.2, 0) is 6.42 Å². The van der Waals surface area contributed by atoms with Crippen LogP contribution in [0.25, 0.3) is 21.6 Å². The van der Waals surface area contributed by atoms with Gasteiger partial charge in [0.2, 0.25) is 0 Å². The molecule has 0 aliphatic carbocycles. The van der Waals surface area contributed by atoms with Crippen molar-refractivity contribution < 1.29 is 22.4 Å². The molecular formula is C22H18F4OS. The van der Waals surface area contributed by atoms with E-state index in [0.717, 1.165) is 42.7 Å². The number of thiophene rings is 1. The maximum Gasteiger partial charge on any atom is 0.169 e. The first kappa shape index (κ1) is 20.3. The molecule has 0 N–H and O–H groups in total. The minimum absolute atomic E-state index is 0.0818. The summed E-state index contributed by atoms with van der Waals surface area (Å²) in [5, 5.41) is 0. The Kier molecular flexibility index (Phi) is 6.29. The first-order valence-corrected chi connectivity index (χ1v) is 9.80. The molecule has 2 aromatic carbocycles. The van der Waals surface area contributed by atoms with E-state index in [9.17, 15) is 22.4 Å². The van der Waals surface area contributed by atoms with Crippen LogP contribution in [-0.4, -0.2) is 6.29 Å². The Hall–Kier alpha value is -2.47. The summed E-state index contributed by atoms with van der Waals surface area (Å²) >= 11 is 1.39. The summed E-state index contributed by atoms with van der Waals surface area (Å²) in [4.78, 5) is 12.4. The van der Waals surface area contributed by atoms with Crippen LogP contribution in [0.3, 0.4) is 0 Å². The molecule has 0 radical (unpaired) electrons. The van der Waals surface area contributed by atoms with Crippen molar-refractivity contribution in [3.05, 3.63) is 70.1 Å². The van der Waals surface area contributed by atoms with Crippen molar-refractivity contribution in [2.75, 3.05) is 0 Å². The Morgan fingerprint density at radius 1 is 0.786 bits per heavy atom. The van der Waals surface area contributed by atoms with Crippen LogP contribution in [0.5, 0.6) is 0 Å². The van der Waals surface area contributed by atoms with Crippen LogP contribution in [0.15, 0.2) is 36.4 Å². The van der Waals surface area contributed by atoms with E-state index in [4.69, 9.17) is 0 Å². The average Bonchev–Trinajstić information content (AvgIpc) is 3.15. The quantitative estimate of drug-likeness (QED) is 0.231. The highest BCUT2D eigenvalue weighted by atomic mass is 32.1. The zero-order valence-corrected chi connectivity index (χ0v) is 16.0. The van der Waals surface area contributed by atoms with Gasteiger partial charge in [0.05, 0.1) is 5.56 Å². The molecule has 28 heavy (non-hydrogen) atoms. The standard InChI is InChI=1S/C22H18F4OS/c1-2-3-4-5-14-7-11-18(28-14)17-10-9-16(21(25)22(17)26)15-8-6-13(12-27)19(23)20(15)24/h6-12H,2-5H2,1H3. The van der Waals surface area contributed by atoms with Crippen LogP contribution >= 0.6 is 11.3 Å². The number of aryl methyl sites for hydroxylation is 1. The number of carbonyl (C=O) groups excluding carboxylic acids is 1. The molecule has 6 heteroatoms. The fourth-order valence-electron chi connectivity index (χ4n) is 3.02. The molecule has 0 aliphatic heterocycles. The molecule has 3 rings (SSSR count). The molecule has 0 saturated heterocycles. The van der Waals surface area contributed by atoms with Crippen molar-refractivity contribution in [2.24, 2.45) is 0 Å². The van der Waals surface area contributed by atoms with E-state index < -0.39 is 40.0 Å². The van der Waals surface area contributed by atoms with Crippen molar-refractivity contribution in [1.29, 1.82) is 0 Å². The van der Waals surface area contributed by atoms with Crippen molar-refractivity contribution in [3.63, 3.8) is 0 Å². The van der Waals surface area contributed by atoms with E-state index in [1.807, 2.05) is 6.07 Å². The van der Waals surface area contributed by atoms with Gasteiger partial charge in [0, 0.05) is 26.4 Å². The molecule has 0 atom stereocenters. The monoisotopic (exact) mass is 406 g/mol. The normalized spacial score (nSPS) is 11.0. The molecule has 0 amide bonds. The molecule has 3 aromatic rings. The molecule has 0 aliphatic rings. The van der Waals surface area contributed by atoms with Crippen molar-refractivity contribution >= 4 is 17.6 Å². The predicted octanol–water partition coefficient (Wildman–Crippen LogP) is 7.18. The van der Waals surface area contributed by atoms with Gasteiger partial charge < -0.3 is 0 Å². The summed E-state index contributed by atoms with van der Waals surface area (Å²) in [6.45, 7) is 2.11. The molecule has 1 nitrogen and oxygen atoms in total. The third-order valence-corrected chi connectivity index (χ3v) is 5.74. The van der Waals surface area contributed by atoms with Gasteiger partial charge in [-0.25, -0.2) is 17.6 Å². The van der Waals surface area contributed by atoms with Crippen LogP contribution in [0, 0.1) is 23.3 Å². The summed E-state index contributed by atoms with van der Waals surface area (Å²) < 4.78 is 57.4. The first-order chi connectivity index (χ1) is 13.5. The number of aldehydes is 1. The number of halogens is 4. The van der Waals surface area contributed by atoms with Crippen LogP contribution in [0.2, 0.25) is 0 Å². The molecule has 0 spiro atoms. The maximum atomic E-state index is 14.7.